The Kier molecular flexibility index (Phi) is 7.99. The van der Waals surface area contributed by atoms with Gasteiger partial charge in [-0.3, -0.25) is 4.68 Å². The molecule has 1 heterocycles. The second kappa shape index (κ2) is 9.49. The highest BCUT2D eigenvalue weighted by atomic mass is 15.3. The summed E-state index contributed by atoms with van der Waals surface area (Å²) in [6.07, 6.45) is 6.95. The van der Waals surface area contributed by atoms with Crippen molar-refractivity contribution in [2.45, 2.75) is 59.9 Å². The van der Waals surface area contributed by atoms with Crippen LogP contribution >= 0.6 is 0 Å². The van der Waals surface area contributed by atoms with Crippen LogP contribution in [0.25, 0.3) is 0 Å². The zero-order valence-corrected chi connectivity index (χ0v) is 14.9. The number of aliphatic imine (C=N–C) groups is 1. The summed E-state index contributed by atoms with van der Waals surface area (Å²) < 4.78 is 1.86. The fraction of sp³-hybridized carbons (Fsp3) is 0.765. The van der Waals surface area contributed by atoms with E-state index in [1.165, 1.54) is 25.7 Å². The van der Waals surface area contributed by atoms with Gasteiger partial charge in [0.15, 0.2) is 5.96 Å². The van der Waals surface area contributed by atoms with Gasteiger partial charge in [0.05, 0.1) is 12.2 Å². The molecule has 1 rings (SSSR count). The maximum Gasteiger partial charge on any atom is 0.191 e. The number of rotatable bonds is 9. The van der Waals surface area contributed by atoms with E-state index in [2.05, 4.69) is 48.4 Å². The van der Waals surface area contributed by atoms with Crippen LogP contribution in [-0.2, 0) is 13.6 Å². The first-order valence-electron chi connectivity index (χ1n) is 8.47. The normalized spacial score (nSPS) is 12.5. The molecule has 0 aromatic carbocycles. The first-order chi connectivity index (χ1) is 10.5. The number of hydrogen-bond donors (Lipinski definition) is 2. The monoisotopic (exact) mass is 307 g/mol. The molecule has 2 N–H and O–H groups in total. The highest BCUT2D eigenvalue weighted by Gasteiger charge is 2.17. The molecule has 0 bridgehead atoms. The van der Waals surface area contributed by atoms with Gasteiger partial charge in [0, 0.05) is 26.3 Å². The number of nitrogens with one attached hydrogen (secondary N) is 2. The summed E-state index contributed by atoms with van der Waals surface area (Å²) in [5.41, 5.74) is 1.40. The van der Waals surface area contributed by atoms with E-state index in [0.29, 0.717) is 6.54 Å². The van der Waals surface area contributed by atoms with Crippen LogP contribution in [-0.4, -0.2) is 28.8 Å². The van der Waals surface area contributed by atoms with E-state index in [-0.39, 0.29) is 5.41 Å². The van der Waals surface area contributed by atoms with Crippen LogP contribution < -0.4 is 10.6 Å². The highest BCUT2D eigenvalue weighted by Crippen LogP contribution is 2.22. The predicted octanol–water partition coefficient (Wildman–Crippen LogP) is 3.08. The summed E-state index contributed by atoms with van der Waals surface area (Å²) in [7, 11) is 1.95. The van der Waals surface area contributed by atoms with Gasteiger partial charge in [-0.1, -0.05) is 40.0 Å². The van der Waals surface area contributed by atoms with E-state index < -0.39 is 0 Å². The lowest BCUT2D eigenvalue weighted by Crippen LogP contribution is -2.42. The standard InChI is InChI=1S/C17H33N5/c1-6-8-9-11-17(3,4)14-20-16(18-7-2)19-13-15-10-12-21-22(15)5/h10,12H,6-9,11,13-14H2,1-5H3,(H2,18,19,20). The molecule has 0 fully saturated rings. The minimum atomic E-state index is 0.290. The first-order valence-corrected chi connectivity index (χ1v) is 8.47. The van der Waals surface area contributed by atoms with Crippen LogP contribution in [0.4, 0.5) is 0 Å². The molecule has 0 saturated carbocycles. The molecule has 0 saturated heterocycles. The van der Waals surface area contributed by atoms with Crippen LogP contribution in [0.5, 0.6) is 0 Å². The summed E-state index contributed by atoms with van der Waals surface area (Å²) in [4.78, 5) is 4.65. The Hall–Kier alpha value is -1.52. The Morgan fingerprint density at radius 3 is 2.64 bits per heavy atom. The van der Waals surface area contributed by atoms with E-state index >= 15 is 0 Å². The molecule has 0 radical (unpaired) electrons. The van der Waals surface area contributed by atoms with Crippen LogP contribution in [0.15, 0.2) is 17.3 Å². The lowest BCUT2D eigenvalue weighted by atomic mass is 9.87. The van der Waals surface area contributed by atoms with Crippen molar-refractivity contribution in [2.75, 3.05) is 13.1 Å². The number of aryl methyl sites for hydroxylation is 1. The maximum absolute atomic E-state index is 4.65. The maximum atomic E-state index is 4.65. The molecule has 0 spiro atoms. The van der Waals surface area contributed by atoms with Gasteiger partial charge < -0.3 is 10.6 Å². The lowest BCUT2D eigenvalue weighted by Gasteiger charge is -2.26. The van der Waals surface area contributed by atoms with Gasteiger partial charge >= 0.3 is 0 Å². The van der Waals surface area contributed by atoms with Crippen LogP contribution in [0, 0.1) is 5.41 Å². The fourth-order valence-electron chi connectivity index (χ4n) is 2.32. The zero-order chi connectivity index (χ0) is 16.4. The van der Waals surface area contributed by atoms with Gasteiger partial charge in [0.2, 0.25) is 0 Å². The lowest BCUT2D eigenvalue weighted by molar-refractivity contribution is 0.318. The second-order valence-electron chi connectivity index (χ2n) is 6.62. The van der Waals surface area contributed by atoms with Crippen LogP contribution in [0.3, 0.4) is 0 Å². The first kappa shape index (κ1) is 18.5. The molecule has 0 amide bonds. The average molecular weight is 307 g/mol. The van der Waals surface area contributed by atoms with Gasteiger partial charge in [-0.25, -0.2) is 4.99 Å². The van der Waals surface area contributed by atoms with Gasteiger partial charge in [0.25, 0.3) is 0 Å². The van der Waals surface area contributed by atoms with Gasteiger partial charge in [-0.2, -0.15) is 5.10 Å². The molecule has 1 aromatic heterocycles. The van der Waals surface area contributed by atoms with Crippen molar-refractivity contribution in [1.82, 2.24) is 20.4 Å². The van der Waals surface area contributed by atoms with Crippen molar-refractivity contribution in [3.8, 4) is 0 Å². The molecule has 5 heteroatoms. The Bertz CT molecular complexity index is 448. The molecule has 0 unspecified atom stereocenters. The zero-order valence-electron chi connectivity index (χ0n) is 14.9. The third-order valence-electron chi connectivity index (χ3n) is 3.86. The fourth-order valence-corrected chi connectivity index (χ4v) is 2.32. The van der Waals surface area contributed by atoms with Gasteiger partial charge in [-0.15, -0.1) is 0 Å². The quantitative estimate of drug-likeness (QED) is 0.419. The minimum Gasteiger partial charge on any atom is -0.357 e. The van der Waals surface area contributed by atoms with Crippen LogP contribution in [0.1, 0.15) is 59.1 Å². The Morgan fingerprint density at radius 2 is 2.05 bits per heavy atom. The molecule has 1 aromatic rings. The molecule has 0 aliphatic heterocycles. The van der Waals surface area contributed by atoms with Crippen molar-refractivity contribution in [1.29, 1.82) is 0 Å². The molecule has 0 aliphatic carbocycles. The second-order valence-corrected chi connectivity index (χ2v) is 6.62. The summed E-state index contributed by atoms with van der Waals surface area (Å²) >= 11 is 0. The van der Waals surface area contributed by atoms with E-state index in [9.17, 15) is 0 Å². The molecular formula is C17H33N5. The summed E-state index contributed by atoms with van der Waals surface area (Å²) in [6, 6.07) is 2.00. The summed E-state index contributed by atoms with van der Waals surface area (Å²) in [6.45, 7) is 11.4. The van der Waals surface area contributed by atoms with Crippen molar-refractivity contribution < 1.29 is 0 Å². The molecule has 22 heavy (non-hydrogen) atoms. The molecule has 0 aliphatic rings. The number of nitrogens with zero attached hydrogens (tertiary/aromatic N) is 3. The summed E-state index contributed by atoms with van der Waals surface area (Å²) in [5.74, 6) is 0.882. The van der Waals surface area contributed by atoms with Gasteiger partial charge in [-0.05, 0) is 24.8 Å². The van der Waals surface area contributed by atoms with Crippen molar-refractivity contribution >= 4 is 5.96 Å². The third kappa shape index (κ3) is 6.96. The minimum absolute atomic E-state index is 0.290. The number of unbranched alkanes of at least 4 members (excludes halogenated alkanes) is 2. The largest absolute Gasteiger partial charge is 0.357 e. The van der Waals surface area contributed by atoms with Gasteiger partial charge in [0.1, 0.15) is 0 Å². The predicted molar refractivity (Wildman–Crippen MR) is 93.9 cm³/mol. The number of aromatic nitrogens is 2. The molecule has 126 valence electrons. The smallest absolute Gasteiger partial charge is 0.191 e. The van der Waals surface area contributed by atoms with E-state index in [1.807, 2.05) is 24.0 Å². The highest BCUT2D eigenvalue weighted by molar-refractivity contribution is 5.79. The SMILES string of the molecule is CCCCCC(C)(C)CNC(=NCc1ccnn1C)NCC. The van der Waals surface area contributed by atoms with E-state index in [1.54, 1.807) is 0 Å². The summed E-state index contributed by atoms with van der Waals surface area (Å²) in [5, 5.41) is 11.0. The number of hydrogen-bond acceptors (Lipinski definition) is 2. The molecule has 0 atom stereocenters. The van der Waals surface area contributed by atoms with E-state index in [4.69, 9.17) is 0 Å². The third-order valence-corrected chi connectivity index (χ3v) is 3.86. The van der Waals surface area contributed by atoms with Crippen molar-refractivity contribution in [3.63, 3.8) is 0 Å². The Morgan fingerprint density at radius 1 is 1.27 bits per heavy atom. The molecule has 5 nitrogen and oxygen atoms in total. The Labute approximate surface area is 135 Å². The van der Waals surface area contributed by atoms with Crippen LogP contribution in [0.2, 0.25) is 0 Å². The van der Waals surface area contributed by atoms with Crippen molar-refractivity contribution in [2.24, 2.45) is 17.5 Å². The van der Waals surface area contributed by atoms with E-state index in [0.717, 1.165) is 24.7 Å². The Balaban J connectivity index is 2.51. The van der Waals surface area contributed by atoms with Crippen molar-refractivity contribution in [3.05, 3.63) is 18.0 Å². The molecular weight excluding hydrogens is 274 g/mol. The average Bonchev–Trinajstić information content (AvgIpc) is 2.87. The topological polar surface area (TPSA) is 54.2 Å². The number of guanidine groups is 1.